The lowest BCUT2D eigenvalue weighted by atomic mass is 10.4. The van der Waals surface area contributed by atoms with Crippen molar-refractivity contribution < 1.29 is 14.5 Å². The van der Waals surface area contributed by atoms with Crippen molar-refractivity contribution in [1.29, 1.82) is 0 Å². The summed E-state index contributed by atoms with van der Waals surface area (Å²) in [5, 5.41) is 14.1. The number of rotatable bonds is 7. The molecule has 0 saturated carbocycles. The molecule has 0 aromatic carbocycles. The van der Waals surface area contributed by atoms with Gasteiger partial charge in [-0.05, 0) is 6.42 Å². The van der Waals surface area contributed by atoms with E-state index in [2.05, 4.69) is 20.0 Å². The summed E-state index contributed by atoms with van der Waals surface area (Å²) in [7, 11) is 1.26. The van der Waals surface area contributed by atoms with Crippen LogP contribution in [0.2, 0.25) is 0 Å². The van der Waals surface area contributed by atoms with Crippen LogP contribution >= 0.6 is 11.8 Å². The first-order valence-electron chi connectivity index (χ1n) is 5.53. The number of carbonyl (C=O) groups excluding carboxylic acids is 1. The lowest BCUT2D eigenvalue weighted by Gasteiger charge is -2.06. The smallest absolute Gasteiger partial charge is 0.343 e. The van der Waals surface area contributed by atoms with E-state index in [9.17, 15) is 14.9 Å². The van der Waals surface area contributed by atoms with Gasteiger partial charge in [0.1, 0.15) is 6.33 Å². The molecule has 104 valence electrons. The highest BCUT2D eigenvalue weighted by Crippen LogP contribution is 2.32. The van der Waals surface area contributed by atoms with Crippen molar-refractivity contribution in [1.82, 2.24) is 9.97 Å². The van der Waals surface area contributed by atoms with E-state index in [1.165, 1.54) is 13.4 Å². The van der Waals surface area contributed by atoms with Gasteiger partial charge in [0.25, 0.3) is 0 Å². The first-order chi connectivity index (χ1) is 9.10. The summed E-state index contributed by atoms with van der Waals surface area (Å²) in [5.41, 5.74) is -0.218. The fourth-order valence-corrected chi connectivity index (χ4v) is 1.99. The number of anilines is 1. The molecule has 0 fully saturated rings. The van der Waals surface area contributed by atoms with Gasteiger partial charge >= 0.3 is 11.7 Å². The highest BCUT2D eigenvalue weighted by molar-refractivity contribution is 8.00. The summed E-state index contributed by atoms with van der Waals surface area (Å²) < 4.78 is 4.48. The maximum absolute atomic E-state index is 11.1. The minimum absolute atomic E-state index is 0.0401. The van der Waals surface area contributed by atoms with Crippen molar-refractivity contribution in [2.75, 3.05) is 24.7 Å². The van der Waals surface area contributed by atoms with Crippen LogP contribution in [0, 0.1) is 10.1 Å². The van der Waals surface area contributed by atoms with Gasteiger partial charge in [-0.2, -0.15) is 0 Å². The molecule has 0 aliphatic heterocycles. The Morgan fingerprint density at radius 3 is 2.89 bits per heavy atom. The van der Waals surface area contributed by atoms with E-state index in [1.54, 1.807) is 0 Å². The molecular formula is C10H14N4O4S. The monoisotopic (exact) mass is 286 g/mol. The summed E-state index contributed by atoms with van der Waals surface area (Å²) >= 11 is 0.948. The summed E-state index contributed by atoms with van der Waals surface area (Å²) in [4.78, 5) is 29.3. The number of hydrogen-bond donors (Lipinski definition) is 1. The summed E-state index contributed by atoms with van der Waals surface area (Å²) in [5.74, 6) is -0.350. The lowest BCUT2D eigenvalue weighted by Crippen LogP contribution is -2.08. The van der Waals surface area contributed by atoms with Gasteiger partial charge in [-0.15, -0.1) is 0 Å². The Morgan fingerprint density at radius 2 is 2.32 bits per heavy atom. The highest BCUT2D eigenvalue weighted by atomic mass is 32.2. The SMILES string of the molecule is CCCNc1ncnc(SCC(=O)OC)c1[N+](=O)[O-]. The summed E-state index contributed by atoms with van der Waals surface area (Å²) in [6.45, 7) is 2.51. The molecule has 0 amide bonds. The van der Waals surface area contributed by atoms with Gasteiger partial charge in [-0.3, -0.25) is 14.9 Å². The Kier molecular flexibility index (Phi) is 6.00. The molecule has 1 aromatic rings. The number of ether oxygens (including phenoxy) is 1. The second-order valence-electron chi connectivity index (χ2n) is 3.42. The zero-order valence-electron chi connectivity index (χ0n) is 10.6. The molecular weight excluding hydrogens is 272 g/mol. The molecule has 0 spiro atoms. The Hall–Kier alpha value is -1.90. The third kappa shape index (κ3) is 4.36. The number of hydrogen-bond acceptors (Lipinski definition) is 8. The van der Waals surface area contributed by atoms with E-state index in [0.29, 0.717) is 6.54 Å². The fourth-order valence-electron chi connectivity index (χ4n) is 1.19. The zero-order chi connectivity index (χ0) is 14.3. The molecule has 0 aliphatic rings. The van der Waals surface area contributed by atoms with Crippen molar-refractivity contribution in [3.63, 3.8) is 0 Å². The quantitative estimate of drug-likeness (QED) is 0.264. The molecule has 0 saturated heterocycles. The van der Waals surface area contributed by atoms with E-state index in [1.807, 2.05) is 6.92 Å². The zero-order valence-corrected chi connectivity index (χ0v) is 11.4. The number of esters is 1. The molecule has 1 rings (SSSR count). The third-order valence-corrected chi connectivity index (χ3v) is 3.02. The molecule has 19 heavy (non-hydrogen) atoms. The average molecular weight is 286 g/mol. The van der Waals surface area contributed by atoms with Gasteiger partial charge in [0, 0.05) is 6.54 Å². The van der Waals surface area contributed by atoms with Crippen LogP contribution in [0.3, 0.4) is 0 Å². The molecule has 0 unspecified atom stereocenters. The van der Waals surface area contributed by atoms with Crippen LogP contribution in [0.4, 0.5) is 11.5 Å². The Balaban J connectivity index is 2.95. The normalized spacial score (nSPS) is 10.0. The van der Waals surface area contributed by atoms with E-state index in [-0.39, 0.29) is 22.3 Å². The number of nitrogens with zero attached hydrogens (tertiary/aromatic N) is 3. The second-order valence-corrected chi connectivity index (χ2v) is 4.39. The predicted octanol–water partition coefficient (Wildman–Crippen LogP) is 1.47. The van der Waals surface area contributed by atoms with Crippen LogP contribution in [0.1, 0.15) is 13.3 Å². The number of aromatic nitrogens is 2. The standard InChI is InChI=1S/C10H14N4O4S/c1-3-4-11-9-8(14(16)17)10(13-6-12-9)19-5-7(15)18-2/h6H,3-5H2,1-2H3,(H,11,12,13). The first kappa shape index (κ1) is 15.2. The van der Waals surface area contributed by atoms with Gasteiger partial charge in [0.15, 0.2) is 5.03 Å². The first-order valence-corrected chi connectivity index (χ1v) is 6.51. The van der Waals surface area contributed by atoms with Crippen LogP contribution in [0.15, 0.2) is 11.4 Å². The molecule has 0 atom stereocenters. The van der Waals surface area contributed by atoms with Crippen LogP contribution in [0.25, 0.3) is 0 Å². The van der Waals surface area contributed by atoms with Crippen molar-refractivity contribution >= 4 is 29.2 Å². The van der Waals surface area contributed by atoms with Crippen molar-refractivity contribution in [3.05, 3.63) is 16.4 Å². The van der Waals surface area contributed by atoms with Crippen LogP contribution < -0.4 is 5.32 Å². The second kappa shape index (κ2) is 7.52. The van der Waals surface area contributed by atoms with Gasteiger partial charge in [0.2, 0.25) is 5.82 Å². The van der Waals surface area contributed by atoms with Crippen molar-refractivity contribution in [3.8, 4) is 0 Å². The average Bonchev–Trinajstić information content (AvgIpc) is 2.41. The van der Waals surface area contributed by atoms with E-state index >= 15 is 0 Å². The molecule has 1 aromatic heterocycles. The Labute approximate surface area is 114 Å². The third-order valence-electron chi connectivity index (χ3n) is 2.07. The molecule has 9 heteroatoms. The number of nitro groups is 1. The minimum Gasteiger partial charge on any atom is -0.468 e. The molecule has 1 N–H and O–H groups in total. The molecule has 0 bridgehead atoms. The number of carbonyl (C=O) groups is 1. The topological polar surface area (TPSA) is 107 Å². The molecule has 0 radical (unpaired) electrons. The number of thioether (sulfide) groups is 1. The predicted molar refractivity (Wildman–Crippen MR) is 70.2 cm³/mol. The van der Waals surface area contributed by atoms with Gasteiger partial charge in [-0.25, -0.2) is 9.97 Å². The summed E-state index contributed by atoms with van der Waals surface area (Å²) in [6, 6.07) is 0. The molecule has 0 aliphatic carbocycles. The van der Waals surface area contributed by atoms with Crippen LogP contribution in [0.5, 0.6) is 0 Å². The number of methoxy groups -OCH3 is 1. The van der Waals surface area contributed by atoms with Gasteiger partial charge in [0.05, 0.1) is 17.8 Å². The van der Waals surface area contributed by atoms with Crippen LogP contribution in [-0.4, -0.2) is 40.3 Å². The van der Waals surface area contributed by atoms with E-state index in [4.69, 9.17) is 0 Å². The van der Waals surface area contributed by atoms with E-state index in [0.717, 1.165) is 18.2 Å². The van der Waals surface area contributed by atoms with E-state index < -0.39 is 10.9 Å². The maximum atomic E-state index is 11.1. The maximum Gasteiger partial charge on any atom is 0.343 e. The highest BCUT2D eigenvalue weighted by Gasteiger charge is 2.23. The largest absolute Gasteiger partial charge is 0.468 e. The summed E-state index contributed by atoms with van der Waals surface area (Å²) in [6.07, 6.45) is 2.04. The lowest BCUT2D eigenvalue weighted by molar-refractivity contribution is -0.387. The molecule has 8 nitrogen and oxygen atoms in total. The minimum atomic E-state index is -0.558. The van der Waals surface area contributed by atoms with Crippen molar-refractivity contribution in [2.24, 2.45) is 0 Å². The Morgan fingerprint density at radius 1 is 1.58 bits per heavy atom. The Bertz CT molecular complexity index is 469. The van der Waals surface area contributed by atoms with Crippen molar-refractivity contribution in [2.45, 2.75) is 18.4 Å². The fraction of sp³-hybridized carbons (Fsp3) is 0.500. The van der Waals surface area contributed by atoms with Crippen LogP contribution in [-0.2, 0) is 9.53 Å². The van der Waals surface area contributed by atoms with Gasteiger partial charge in [-0.1, -0.05) is 18.7 Å². The number of nitrogens with one attached hydrogen (secondary N) is 1. The van der Waals surface area contributed by atoms with Gasteiger partial charge < -0.3 is 10.1 Å². The molecule has 1 heterocycles.